The van der Waals surface area contributed by atoms with Crippen LogP contribution in [0.1, 0.15) is 46.8 Å². The van der Waals surface area contributed by atoms with E-state index < -0.39 is 18.0 Å². The zero-order valence-corrected chi connectivity index (χ0v) is 23.0. The summed E-state index contributed by atoms with van der Waals surface area (Å²) in [5, 5.41) is 5.39. The standard InChI is InChI=1S/C27H31ClN2O8/c1-14(8-12-20(31)38-18-10-11-19(34-4)25(36-6)22(18)28)7-9-16-23(30-27(33)29-3)21-17(13-37-26(21)32)15(2)24(16)35-5/h7,10-11H,8-9,12-13H2,1-6H3,(H2,29,30,33)/b14-7+. The fraction of sp³-hybridized carbons (Fsp3) is 0.370. The van der Waals surface area contributed by atoms with Crippen LogP contribution in [-0.2, 0) is 22.6 Å². The lowest BCUT2D eigenvalue weighted by Crippen LogP contribution is -2.26. The Hall–Kier alpha value is -3.92. The molecular formula is C27H31ClN2O8. The number of urea groups is 1. The van der Waals surface area contributed by atoms with E-state index in [1.807, 2.05) is 19.9 Å². The molecule has 0 aromatic heterocycles. The summed E-state index contributed by atoms with van der Waals surface area (Å²) in [5.41, 5.74) is 3.64. The van der Waals surface area contributed by atoms with Crippen LogP contribution < -0.4 is 29.6 Å². The van der Waals surface area contributed by atoms with Gasteiger partial charge in [-0.2, -0.15) is 0 Å². The first-order valence-electron chi connectivity index (χ1n) is 11.8. The zero-order valence-electron chi connectivity index (χ0n) is 22.2. The van der Waals surface area contributed by atoms with Gasteiger partial charge in [0, 0.05) is 24.6 Å². The smallest absolute Gasteiger partial charge is 0.341 e. The fourth-order valence-electron chi connectivity index (χ4n) is 4.17. The van der Waals surface area contributed by atoms with E-state index in [1.165, 1.54) is 28.4 Å². The summed E-state index contributed by atoms with van der Waals surface area (Å²) in [6.45, 7) is 3.84. The molecule has 1 aliphatic heterocycles. The monoisotopic (exact) mass is 546 g/mol. The number of carbonyl (C=O) groups excluding carboxylic acids is 3. The summed E-state index contributed by atoms with van der Waals surface area (Å²) in [5.74, 6) is 0.454. The van der Waals surface area contributed by atoms with Crippen LogP contribution in [0.3, 0.4) is 0 Å². The number of esters is 2. The number of ether oxygens (including phenoxy) is 5. The molecule has 1 heterocycles. The van der Waals surface area contributed by atoms with Crippen molar-refractivity contribution >= 4 is 35.3 Å². The van der Waals surface area contributed by atoms with Crippen LogP contribution in [-0.4, -0.2) is 46.3 Å². The van der Waals surface area contributed by atoms with E-state index in [4.69, 9.17) is 35.3 Å². The Kier molecular flexibility index (Phi) is 9.46. The average molecular weight is 547 g/mol. The second kappa shape index (κ2) is 12.6. The molecule has 10 nitrogen and oxygen atoms in total. The Morgan fingerprint density at radius 1 is 1.08 bits per heavy atom. The number of hydrogen-bond acceptors (Lipinski definition) is 8. The molecule has 1 aliphatic rings. The van der Waals surface area contributed by atoms with E-state index in [0.29, 0.717) is 46.7 Å². The fourth-order valence-corrected chi connectivity index (χ4v) is 4.44. The molecule has 204 valence electrons. The molecule has 0 unspecified atom stereocenters. The molecule has 0 spiro atoms. The van der Waals surface area contributed by atoms with Crippen LogP contribution >= 0.6 is 11.6 Å². The maximum atomic E-state index is 12.5. The minimum Gasteiger partial charge on any atom is -0.496 e. The summed E-state index contributed by atoms with van der Waals surface area (Å²) in [4.78, 5) is 37.2. The van der Waals surface area contributed by atoms with Gasteiger partial charge in [0.15, 0.2) is 17.2 Å². The topological polar surface area (TPSA) is 121 Å². The van der Waals surface area contributed by atoms with Crippen LogP contribution in [0.4, 0.5) is 10.5 Å². The molecule has 2 aromatic rings. The molecule has 2 N–H and O–H groups in total. The first kappa shape index (κ1) is 28.6. The predicted octanol–water partition coefficient (Wildman–Crippen LogP) is 4.97. The van der Waals surface area contributed by atoms with Crippen molar-refractivity contribution < 1.29 is 38.1 Å². The van der Waals surface area contributed by atoms with Gasteiger partial charge in [-0.3, -0.25) is 4.79 Å². The van der Waals surface area contributed by atoms with E-state index in [0.717, 1.165) is 11.1 Å². The molecule has 0 atom stereocenters. The molecule has 0 saturated carbocycles. The van der Waals surface area contributed by atoms with Crippen molar-refractivity contribution in [2.24, 2.45) is 0 Å². The maximum Gasteiger partial charge on any atom is 0.341 e. The lowest BCUT2D eigenvalue weighted by molar-refractivity contribution is -0.134. The summed E-state index contributed by atoms with van der Waals surface area (Å²) in [7, 11) is 5.94. The number of allylic oxidation sites excluding steroid dienone is 2. The third-order valence-corrected chi connectivity index (χ3v) is 6.55. The van der Waals surface area contributed by atoms with E-state index in [2.05, 4.69) is 10.6 Å². The van der Waals surface area contributed by atoms with Crippen LogP contribution in [0, 0.1) is 6.92 Å². The number of fused-ring (bicyclic) bond motifs is 1. The van der Waals surface area contributed by atoms with Gasteiger partial charge in [-0.1, -0.05) is 23.3 Å². The third-order valence-electron chi connectivity index (χ3n) is 6.19. The van der Waals surface area contributed by atoms with Crippen molar-refractivity contribution in [2.75, 3.05) is 33.7 Å². The highest BCUT2D eigenvalue weighted by atomic mass is 35.5. The van der Waals surface area contributed by atoms with Gasteiger partial charge in [-0.25, -0.2) is 9.59 Å². The number of rotatable bonds is 10. The van der Waals surface area contributed by atoms with Gasteiger partial charge in [0.25, 0.3) is 0 Å². The molecule has 0 aliphatic carbocycles. The maximum absolute atomic E-state index is 12.5. The summed E-state index contributed by atoms with van der Waals surface area (Å²) >= 11 is 6.30. The van der Waals surface area contributed by atoms with E-state index in [-0.39, 0.29) is 29.5 Å². The molecule has 0 saturated heterocycles. The van der Waals surface area contributed by atoms with Crippen molar-refractivity contribution in [3.63, 3.8) is 0 Å². The predicted molar refractivity (Wildman–Crippen MR) is 142 cm³/mol. The summed E-state index contributed by atoms with van der Waals surface area (Å²) in [6, 6.07) is 2.67. The van der Waals surface area contributed by atoms with Crippen LogP contribution in [0.25, 0.3) is 0 Å². The number of methoxy groups -OCH3 is 3. The quantitative estimate of drug-likeness (QED) is 0.243. The lowest BCUT2D eigenvalue weighted by atomic mass is 9.93. The van der Waals surface area contributed by atoms with Gasteiger partial charge in [-0.15, -0.1) is 0 Å². The van der Waals surface area contributed by atoms with Gasteiger partial charge in [0.1, 0.15) is 17.4 Å². The van der Waals surface area contributed by atoms with Crippen molar-refractivity contribution in [3.05, 3.63) is 51.1 Å². The highest BCUT2D eigenvalue weighted by molar-refractivity contribution is 6.34. The molecule has 38 heavy (non-hydrogen) atoms. The minimum absolute atomic E-state index is 0.100. The zero-order chi connectivity index (χ0) is 28.0. The van der Waals surface area contributed by atoms with Crippen molar-refractivity contribution in [1.82, 2.24) is 5.32 Å². The summed E-state index contributed by atoms with van der Waals surface area (Å²) in [6.07, 6.45) is 2.77. The van der Waals surface area contributed by atoms with E-state index >= 15 is 0 Å². The lowest BCUT2D eigenvalue weighted by Gasteiger charge is -2.19. The number of halogens is 1. The molecule has 0 radical (unpaired) electrons. The summed E-state index contributed by atoms with van der Waals surface area (Å²) < 4.78 is 26.8. The first-order chi connectivity index (χ1) is 18.2. The van der Waals surface area contributed by atoms with Gasteiger partial charge in [0.2, 0.25) is 0 Å². The number of benzene rings is 2. The number of hydrogen-bond donors (Lipinski definition) is 2. The van der Waals surface area contributed by atoms with Crippen molar-refractivity contribution in [3.8, 4) is 23.0 Å². The van der Waals surface area contributed by atoms with E-state index in [9.17, 15) is 14.4 Å². The average Bonchev–Trinajstić information content (AvgIpc) is 3.30. The van der Waals surface area contributed by atoms with Crippen molar-refractivity contribution in [1.29, 1.82) is 0 Å². The number of nitrogens with one attached hydrogen (secondary N) is 2. The van der Waals surface area contributed by atoms with Crippen LogP contribution in [0.5, 0.6) is 23.0 Å². The highest BCUT2D eigenvalue weighted by Gasteiger charge is 2.32. The number of cyclic esters (lactones) is 1. The second-order valence-electron chi connectivity index (χ2n) is 8.49. The van der Waals surface area contributed by atoms with Crippen molar-refractivity contribution in [2.45, 2.75) is 39.7 Å². The minimum atomic E-state index is -0.504. The number of carbonyl (C=O) groups is 3. The Balaban J connectivity index is 1.78. The molecule has 2 amide bonds. The van der Waals surface area contributed by atoms with Gasteiger partial charge in [0.05, 0.1) is 32.6 Å². The number of amides is 2. The molecule has 3 rings (SSSR count). The highest BCUT2D eigenvalue weighted by Crippen LogP contribution is 2.42. The first-order valence-corrected chi connectivity index (χ1v) is 12.2. The SMILES string of the molecule is CNC(=O)Nc1c(C/C=C(\C)CCC(=O)Oc2ccc(OC)c(OC)c2Cl)c(OC)c(C)c2c1C(=O)OC2. The van der Waals surface area contributed by atoms with Crippen LogP contribution in [0.15, 0.2) is 23.8 Å². The molecule has 0 fully saturated rings. The Morgan fingerprint density at radius 2 is 1.76 bits per heavy atom. The van der Waals surface area contributed by atoms with E-state index in [1.54, 1.807) is 12.1 Å². The Labute approximate surface area is 226 Å². The largest absolute Gasteiger partial charge is 0.496 e. The Morgan fingerprint density at radius 3 is 2.39 bits per heavy atom. The second-order valence-corrected chi connectivity index (χ2v) is 8.87. The van der Waals surface area contributed by atoms with Gasteiger partial charge < -0.3 is 34.3 Å². The van der Waals surface area contributed by atoms with Gasteiger partial charge >= 0.3 is 18.0 Å². The molecular weight excluding hydrogens is 516 g/mol. The molecule has 0 bridgehead atoms. The normalized spacial score (nSPS) is 12.4. The molecule has 11 heteroatoms. The van der Waals surface area contributed by atoms with Crippen LogP contribution in [0.2, 0.25) is 5.02 Å². The Bertz CT molecular complexity index is 1290. The number of anilines is 1. The molecule has 2 aromatic carbocycles. The third kappa shape index (κ3) is 5.96. The van der Waals surface area contributed by atoms with Gasteiger partial charge in [-0.05, 0) is 44.4 Å².